The van der Waals surface area contributed by atoms with Crippen molar-refractivity contribution < 1.29 is 14.3 Å². The van der Waals surface area contributed by atoms with Gasteiger partial charge in [-0.1, -0.05) is 6.07 Å². The molecule has 0 N–H and O–H groups in total. The summed E-state index contributed by atoms with van der Waals surface area (Å²) in [4.78, 5) is 21.5. The van der Waals surface area contributed by atoms with Crippen LogP contribution in [0, 0.1) is 5.92 Å². The van der Waals surface area contributed by atoms with Gasteiger partial charge in [0.25, 0.3) is 0 Å². The molecule has 3 fully saturated rings. The van der Waals surface area contributed by atoms with Crippen molar-refractivity contribution in [2.45, 2.75) is 57.6 Å². The quantitative estimate of drug-likeness (QED) is 0.811. The summed E-state index contributed by atoms with van der Waals surface area (Å²) >= 11 is 0. The summed E-state index contributed by atoms with van der Waals surface area (Å²) in [6.45, 7) is 8.78. The lowest BCUT2D eigenvalue weighted by molar-refractivity contribution is -0.0431. The molecule has 0 unspecified atom stereocenters. The highest BCUT2D eigenvalue weighted by molar-refractivity contribution is 5.89. The van der Waals surface area contributed by atoms with Crippen molar-refractivity contribution in [3.8, 4) is 0 Å². The number of nitrogens with zero attached hydrogens (tertiary/aromatic N) is 3. The zero-order valence-electron chi connectivity index (χ0n) is 16.5. The van der Waals surface area contributed by atoms with E-state index < -0.39 is 5.60 Å². The number of aromatic nitrogens is 1. The van der Waals surface area contributed by atoms with Gasteiger partial charge in [0.15, 0.2) is 0 Å². The molecule has 1 spiro atoms. The van der Waals surface area contributed by atoms with Gasteiger partial charge in [-0.3, -0.25) is 4.90 Å². The van der Waals surface area contributed by atoms with E-state index in [-0.39, 0.29) is 6.09 Å². The number of ether oxygens (including phenoxy) is 2. The van der Waals surface area contributed by atoms with E-state index in [1.807, 2.05) is 12.1 Å². The summed E-state index contributed by atoms with van der Waals surface area (Å²) in [5.74, 6) is 1.40. The van der Waals surface area contributed by atoms with Gasteiger partial charge in [-0.05, 0) is 64.3 Å². The molecule has 1 amide bonds. The number of carbonyl (C=O) groups is 1. The molecule has 0 atom stereocenters. The lowest BCUT2D eigenvalue weighted by Gasteiger charge is -2.34. The first-order valence-corrected chi connectivity index (χ1v) is 10.3. The van der Waals surface area contributed by atoms with E-state index in [4.69, 9.17) is 14.5 Å². The number of anilines is 1. The zero-order chi connectivity index (χ0) is 18.9. The van der Waals surface area contributed by atoms with Gasteiger partial charge in [0.2, 0.25) is 0 Å². The summed E-state index contributed by atoms with van der Waals surface area (Å²) in [5.41, 5.74) is 0.688. The van der Waals surface area contributed by atoms with Crippen molar-refractivity contribution in [1.29, 1.82) is 0 Å². The fraction of sp³-hybridized carbons (Fsp3) is 0.714. The third kappa shape index (κ3) is 4.11. The Morgan fingerprint density at radius 1 is 1.22 bits per heavy atom. The molecule has 0 saturated carbocycles. The van der Waals surface area contributed by atoms with Gasteiger partial charge in [-0.2, -0.15) is 0 Å². The van der Waals surface area contributed by atoms with Gasteiger partial charge in [0, 0.05) is 24.6 Å². The van der Waals surface area contributed by atoms with Crippen LogP contribution in [0.2, 0.25) is 0 Å². The molecule has 3 aliphatic heterocycles. The number of likely N-dealkylation sites (tertiary alicyclic amines) is 1. The average Bonchev–Trinajstić information content (AvgIpc) is 2.98. The Labute approximate surface area is 161 Å². The molecule has 148 valence electrons. The summed E-state index contributed by atoms with van der Waals surface area (Å²) in [6, 6.07) is 6.66. The minimum Gasteiger partial charge on any atom is -0.440 e. The maximum atomic E-state index is 12.5. The van der Waals surface area contributed by atoms with Crippen LogP contribution in [0.25, 0.3) is 0 Å². The van der Waals surface area contributed by atoms with E-state index >= 15 is 0 Å². The van der Waals surface area contributed by atoms with Crippen LogP contribution in [0.4, 0.5) is 10.6 Å². The monoisotopic (exact) mass is 373 g/mol. The first-order chi connectivity index (χ1) is 13.0. The summed E-state index contributed by atoms with van der Waals surface area (Å²) in [5, 5.41) is 0. The fourth-order valence-electron chi connectivity index (χ4n) is 4.50. The molecule has 0 radical (unpaired) electrons. The average molecular weight is 373 g/mol. The lowest BCUT2D eigenvalue weighted by atomic mass is 9.91. The second-order valence-corrected chi connectivity index (χ2v) is 8.51. The van der Waals surface area contributed by atoms with Crippen LogP contribution in [0.15, 0.2) is 18.2 Å². The SMILES string of the molecule is CC(C)N1CCC(Cc2cccc(N3CC4(CCOCC4)OC3=O)n2)CC1. The molecule has 6 nitrogen and oxygen atoms in total. The minimum absolute atomic E-state index is 0.271. The second kappa shape index (κ2) is 7.76. The van der Waals surface area contributed by atoms with E-state index in [9.17, 15) is 4.79 Å². The molecule has 0 bridgehead atoms. The van der Waals surface area contributed by atoms with Gasteiger partial charge < -0.3 is 14.4 Å². The molecule has 4 heterocycles. The van der Waals surface area contributed by atoms with E-state index in [1.54, 1.807) is 4.90 Å². The molecular weight excluding hydrogens is 342 g/mol. The number of rotatable bonds is 4. The van der Waals surface area contributed by atoms with E-state index in [2.05, 4.69) is 24.8 Å². The van der Waals surface area contributed by atoms with Crippen molar-refractivity contribution in [3.05, 3.63) is 23.9 Å². The van der Waals surface area contributed by atoms with Gasteiger partial charge in [-0.25, -0.2) is 9.78 Å². The molecule has 1 aromatic rings. The van der Waals surface area contributed by atoms with E-state index in [0.29, 0.717) is 31.7 Å². The van der Waals surface area contributed by atoms with Gasteiger partial charge in [0.1, 0.15) is 11.4 Å². The Bertz CT molecular complexity index is 664. The highest BCUT2D eigenvalue weighted by Gasteiger charge is 2.47. The molecule has 1 aromatic heterocycles. The number of hydrogen-bond donors (Lipinski definition) is 0. The highest BCUT2D eigenvalue weighted by atomic mass is 16.6. The predicted octanol–water partition coefficient (Wildman–Crippen LogP) is 3.25. The summed E-state index contributed by atoms with van der Waals surface area (Å²) in [6.07, 6.45) is 4.69. The van der Waals surface area contributed by atoms with Crippen LogP contribution in [-0.4, -0.2) is 60.5 Å². The summed E-state index contributed by atoms with van der Waals surface area (Å²) in [7, 11) is 0. The Morgan fingerprint density at radius 2 is 1.96 bits per heavy atom. The number of carbonyl (C=O) groups excluding carboxylic acids is 1. The molecule has 0 aromatic carbocycles. The van der Waals surface area contributed by atoms with Gasteiger partial charge >= 0.3 is 6.09 Å². The lowest BCUT2D eigenvalue weighted by Crippen LogP contribution is -2.40. The van der Waals surface area contributed by atoms with Crippen LogP contribution >= 0.6 is 0 Å². The van der Waals surface area contributed by atoms with Gasteiger partial charge in [-0.15, -0.1) is 0 Å². The summed E-state index contributed by atoms with van der Waals surface area (Å²) < 4.78 is 11.2. The van der Waals surface area contributed by atoms with Gasteiger partial charge in [0.05, 0.1) is 19.8 Å². The Morgan fingerprint density at radius 3 is 2.67 bits per heavy atom. The molecule has 6 heteroatoms. The molecule has 3 aliphatic rings. The smallest absolute Gasteiger partial charge is 0.416 e. The molecular formula is C21H31N3O3. The van der Waals surface area contributed by atoms with Crippen molar-refractivity contribution in [1.82, 2.24) is 9.88 Å². The standard InChI is InChI=1S/C21H31N3O3/c1-16(2)23-10-6-17(7-11-23)14-18-4-3-5-19(22-18)24-15-21(27-20(24)25)8-12-26-13-9-21/h3-5,16-17H,6-15H2,1-2H3. The molecule has 3 saturated heterocycles. The zero-order valence-corrected chi connectivity index (χ0v) is 16.5. The predicted molar refractivity (Wildman–Crippen MR) is 104 cm³/mol. The van der Waals surface area contributed by atoms with Crippen molar-refractivity contribution >= 4 is 11.9 Å². The largest absolute Gasteiger partial charge is 0.440 e. The van der Waals surface area contributed by atoms with Crippen molar-refractivity contribution in [2.75, 3.05) is 37.7 Å². The molecule has 27 heavy (non-hydrogen) atoms. The number of amides is 1. The molecule has 4 rings (SSSR count). The molecule has 0 aliphatic carbocycles. The van der Waals surface area contributed by atoms with Crippen LogP contribution in [0.5, 0.6) is 0 Å². The minimum atomic E-state index is -0.392. The van der Waals surface area contributed by atoms with Crippen LogP contribution in [-0.2, 0) is 15.9 Å². The van der Waals surface area contributed by atoms with Crippen LogP contribution in [0.1, 0.15) is 45.2 Å². The Balaban J connectivity index is 1.40. The first kappa shape index (κ1) is 18.7. The van der Waals surface area contributed by atoms with Crippen molar-refractivity contribution in [3.63, 3.8) is 0 Å². The van der Waals surface area contributed by atoms with Crippen LogP contribution in [0.3, 0.4) is 0 Å². The fourth-order valence-corrected chi connectivity index (χ4v) is 4.50. The van der Waals surface area contributed by atoms with Crippen LogP contribution < -0.4 is 4.90 Å². The Kier molecular flexibility index (Phi) is 5.37. The van der Waals surface area contributed by atoms with E-state index in [1.165, 1.54) is 25.9 Å². The second-order valence-electron chi connectivity index (χ2n) is 8.51. The van der Waals surface area contributed by atoms with E-state index in [0.717, 1.165) is 30.8 Å². The topological polar surface area (TPSA) is 54.9 Å². The maximum Gasteiger partial charge on any atom is 0.416 e. The van der Waals surface area contributed by atoms with Crippen molar-refractivity contribution in [2.24, 2.45) is 5.92 Å². The highest BCUT2D eigenvalue weighted by Crippen LogP contribution is 2.34. The number of hydrogen-bond acceptors (Lipinski definition) is 5. The Hall–Kier alpha value is -1.66. The normalized spacial score (nSPS) is 24.0. The number of pyridine rings is 1. The third-order valence-corrected chi connectivity index (χ3v) is 6.32. The number of piperidine rings is 1. The first-order valence-electron chi connectivity index (χ1n) is 10.3. The third-order valence-electron chi connectivity index (χ3n) is 6.32. The maximum absolute atomic E-state index is 12.5.